The minimum atomic E-state index is -0.142. The lowest BCUT2D eigenvalue weighted by Crippen LogP contribution is -2.42. The summed E-state index contributed by atoms with van der Waals surface area (Å²) < 4.78 is 2.77. The molecule has 0 saturated carbocycles. The minimum absolute atomic E-state index is 0.142. The predicted octanol–water partition coefficient (Wildman–Crippen LogP) is 1.22. The maximum absolute atomic E-state index is 4.44. The SMILES string of the molecule is CNC1=C(Br)C=NC(Nc2cnn(C)c2C)N1C. The minimum Gasteiger partial charge on any atom is -0.374 e. The molecule has 0 bridgehead atoms. The van der Waals surface area contributed by atoms with Gasteiger partial charge in [0.15, 0.2) is 6.29 Å². The largest absolute Gasteiger partial charge is 0.374 e. The highest BCUT2D eigenvalue weighted by Gasteiger charge is 2.21. The lowest BCUT2D eigenvalue weighted by Gasteiger charge is -2.32. The van der Waals surface area contributed by atoms with E-state index in [1.807, 2.05) is 43.8 Å². The average Bonchev–Trinajstić information content (AvgIpc) is 2.65. The molecule has 1 aromatic heterocycles. The summed E-state index contributed by atoms with van der Waals surface area (Å²) in [5.41, 5.74) is 2.07. The quantitative estimate of drug-likeness (QED) is 0.881. The number of allylic oxidation sites excluding steroid dienone is 1. The first-order chi connectivity index (χ1) is 8.54. The molecule has 6 nitrogen and oxygen atoms in total. The highest BCUT2D eigenvalue weighted by Crippen LogP contribution is 2.21. The third kappa shape index (κ3) is 2.22. The molecule has 1 unspecified atom stereocenters. The van der Waals surface area contributed by atoms with Crippen molar-refractivity contribution in [2.45, 2.75) is 13.2 Å². The number of nitrogens with zero attached hydrogens (tertiary/aromatic N) is 4. The Bertz CT molecular complexity index is 504. The first kappa shape index (κ1) is 12.9. The van der Waals surface area contributed by atoms with Gasteiger partial charge in [-0.2, -0.15) is 5.10 Å². The Morgan fingerprint density at radius 2 is 2.11 bits per heavy atom. The summed E-state index contributed by atoms with van der Waals surface area (Å²) in [5.74, 6) is 0.990. The van der Waals surface area contributed by atoms with Crippen molar-refractivity contribution in [2.24, 2.45) is 12.0 Å². The lowest BCUT2D eigenvalue weighted by molar-refractivity contribution is 0.319. The van der Waals surface area contributed by atoms with Crippen molar-refractivity contribution in [3.05, 3.63) is 22.2 Å². The summed E-state index contributed by atoms with van der Waals surface area (Å²) in [6.07, 6.45) is 3.47. The molecular formula is C11H17BrN6. The molecule has 1 atom stereocenters. The predicted molar refractivity (Wildman–Crippen MR) is 76.6 cm³/mol. The zero-order valence-electron chi connectivity index (χ0n) is 10.9. The summed E-state index contributed by atoms with van der Waals surface area (Å²) in [5, 5.41) is 10.7. The van der Waals surface area contributed by atoms with Crippen molar-refractivity contribution in [3.8, 4) is 0 Å². The lowest BCUT2D eigenvalue weighted by atomic mass is 10.3. The molecule has 7 heteroatoms. The fraction of sp³-hybridized carbons (Fsp3) is 0.455. The number of nitrogens with one attached hydrogen (secondary N) is 2. The van der Waals surface area contributed by atoms with E-state index in [1.54, 1.807) is 6.21 Å². The van der Waals surface area contributed by atoms with Crippen LogP contribution in [0, 0.1) is 6.92 Å². The van der Waals surface area contributed by atoms with Gasteiger partial charge in [0.25, 0.3) is 0 Å². The Morgan fingerprint density at radius 3 is 2.67 bits per heavy atom. The van der Waals surface area contributed by atoms with Gasteiger partial charge in [-0.25, -0.2) is 4.99 Å². The molecule has 18 heavy (non-hydrogen) atoms. The van der Waals surface area contributed by atoms with Crippen LogP contribution in [0.1, 0.15) is 5.69 Å². The smallest absolute Gasteiger partial charge is 0.197 e. The molecule has 2 heterocycles. The first-order valence-electron chi connectivity index (χ1n) is 5.63. The van der Waals surface area contributed by atoms with Gasteiger partial charge in [0.1, 0.15) is 5.82 Å². The molecule has 1 aliphatic heterocycles. The number of hydrogen-bond donors (Lipinski definition) is 2. The van der Waals surface area contributed by atoms with Gasteiger partial charge in [-0.1, -0.05) is 0 Å². The fourth-order valence-corrected chi connectivity index (χ4v) is 2.39. The van der Waals surface area contributed by atoms with E-state index in [0.717, 1.165) is 21.7 Å². The van der Waals surface area contributed by atoms with E-state index in [4.69, 9.17) is 0 Å². The second-order valence-electron chi connectivity index (χ2n) is 4.12. The highest BCUT2D eigenvalue weighted by atomic mass is 79.9. The van der Waals surface area contributed by atoms with E-state index in [1.165, 1.54) is 0 Å². The van der Waals surface area contributed by atoms with E-state index in [-0.39, 0.29) is 6.29 Å². The number of aryl methyl sites for hydroxylation is 1. The molecule has 2 N–H and O–H groups in total. The van der Waals surface area contributed by atoms with Gasteiger partial charge in [-0.3, -0.25) is 4.68 Å². The summed E-state index contributed by atoms with van der Waals surface area (Å²) in [6.45, 7) is 2.02. The first-order valence-corrected chi connectivity index (χ1v) is 6.42. The van der Waals surface area contributed by atoms with Crippen molar-refractivity contribution in [3.63, 3.8) is 0 Å². The van der Waals surface area contributed by atoms with Gasteiger partial charge < -0.3 is 15.5 Å². The number of aromatic nitrogens is 2. The maximum atomic E-state index is 4.44. The van der Waals surface area contributed by atoms with E-state index in [0.29, 0.717) is 0 Å². The Balaban J connectivity index is 2.18. The van der Waals surface area contributed by atoms with Crippen molar-refractivity contribution in [1.29, 1.82) is 0 Å². The van der Waals surface area contributed by atoms with Crippen LogP contribution in [-0.2, 0) is 7.05 Å². The van der Waals surface area contributed by atoms with Crippen LogP contribution in [0.3, 0.4) is 0 Å². The highest BCUT2D eigenvalue weighted by molar-refractivity contribution is 9.12. The number of aliphatic imine (C=N–C) groups is 1. The standard InChI is InChI=1S/C11H17BrN6/c1-7-9(6-15-18(7)4)16-11-14-5-8(12)10(13-2)17(11)3/h5-6,11,13,16H,1-4H3. The Labute approximate surface area is 115 Å². The molecule has 0 aromatic carbocycles. The Hall–Kier alpha value is -1.50. The maximum Gasteiger partial charge on any atom is 0.197 e. The Morgan fingerprint density at radius 1 is 1.39 bits per heavy atom. The summed E-state index contributed by atoms with van der Waals surface area (Å²) >= 11 is 3.47. The number of halogens is 1. The van der Waals surface area contributed by atoms with Crippen molar-refractivity contribution >= 4 is 27.8 Å². The number of anilines is 1. The van der Waals surface area contributed by atoms with Gasteiger partial charge in [0.2, 0.25) is 0 Å². The van der Waals surface area contributed by atoms with E-state index < -0.39 is 0 Å². The van der Waals surface area contributed by atoms with Crippen LogP contribution in [0.5, 0.6) is 0 Å². The molecule has 0 radical (unpaired) electrons. The van der Waals surface area contributed by atoms with Crippen LogP contribution in [0.25, 0.3) is 0 Å². The van der Waals surface area contributed by atoms with Gasteiger partial charge in [0, 0.05) is 27.4 Å². The second-order valence-corrected chi connectivity index (χ2v) is 4.98. The van der Waals surface area contributed by atoms with E-state index in [2.05, 4.69) is 36.7 Å². The van der Waals surface area contributed by atoms with E-state index in [9.17, 15) is 0 Å². The van der Waals surface area contributed by atoms with Crippen LogP contribution in [0.4, 0.5) is 5.69 Å². The normalized spacial score (nSPS) is 19.4. The van der Waals surface area contributed by atoms with Gasteiger partial charge >= 0.3 is 0 Å². The molecule has 0 fully saturated rings. The van der Waals surface area contributed by atoms with Crippen LogP contribution in [0.2, 0.25) is 0 Å². The van der Waals surface area contributed by atoms with Crippen LogP contribution in [0.15, 0.2) is 21.5 Å². The zero-order chi connectivity index (χ0) is 13.3. The molecule has 1 aromatic rings. The van der Waals surface area contributed by atoms with Gasteiger partial charge in [0.05, 0.1) is 22.1 Å². The van der Waals surface area contributed by atoms with Crippen LogP contribution >= 0.6 is 15.9 Å². The van der Waals surface area contributed by atoms with Crippen molar-refractivity contribution in [2.75, 3.05) is 19.4 Å². The monoisotopic (exact) mass is 312 g/mol. The molecule has 2 rings (SSSR count). The van der Waals surface area contributed by atoms with Crippen molar-refractivity contribution in [1.82, 2.24) is 20.0 Å². The second kappa shape index (κ2) is 5.01. The van der Waals surface area contributed by atoms with Crippen LogP contribution < -0.4 is 10.6 Å². The summed E-state index contributed by atoms with van der Waals surface area (Å²) in [4.78, 5) is 6.47. The Kier molecular flexibility index (Phi) is 3.60. The van der Waals surface area contributed by atoms with Crippen molar-refractivity contribution < 1.29 is 0 Å². The molecule has 0 amide bonds. The average molecular weight is 313 g/mol. The van der Waals surface area contributed by atoms with Crippen LogP contribution in [-0.4, -0.2) is 41.3 Å². The molecule has 98 valence electrons. The third-order valence-electron chi connectivity index (χ3n) is 3.03. The fourth-order valence-electron chi connectivity index (χ4n) is 1.80. The van der Waals surface area contributed by atoms with Gasteiger partial charge in [-0.05, 0) is 22.9 Å². The van der Waals surface area contributed by atoms with E-state index >= 15 is 0 Å². The third-order valence-corrected chi connectivity index (χ3v) is 3.61. The zero-order valence-corrected chi connectivity index (χ0v) is 12.5. The molecule has 0 aliphatic carbocycles. The molecular weight excluding hydrogens is 296 g/mol. The molecule has 0 saturated heterocycles. The number of rotatable bonds is 3. The van der Waals surface area contributed by atoms with Gasteiger partial charge in [-0.15, -0.1) is 0 Å². The summed E-state index contributed by atoms with van der Waals surface area (Å²) in [7, 11) is 5.79. The topological polar surface area (TPSA) is 57.5 Å². The number of hydrogen-bond acceptors (Lipinski definition) is 5. The molecule has 0 spiro atoms. The summed E-state index contributed by atoms with van der Waals surface area (Å²) in [6, 6.07) is 0. The molecule has 1 aliphatic rings.